The second-order valence-electron chi connectivity index (χ2n) is 8.52. The number of halogens is 1. The maximum Gasteiger partial charge on any atom is 0.331 e. The summed E-state index contributed by atoms with van der Waals surface area (Å²) in [5.41, 5.74) is 1.49. The van der Waals surface area contributed by atoms with Crippen LogP contribution < -0.4 is 14.8 Å². The quantitative estimate of drug-likeness (QED) is 0.342. The van der Waals surface area contributed by atoms with Gasteiger partial charge in [-0.15, -0.1) is 6.58 Å². The summed E-state index contributed by atoms with van der Waals surface area (Å²) in [6, 6.07) is 8.84. The molecule has 1 aliphatic carbocycles. The Morgan fingerprint density at radius 3 is 2.57 bits per heavy atom. The SMILES string of the molecule is C=CCc1cc(/C=C2\C(=O)NC(=O)N(C3CCCC3)C2=O)cc(OC)c1OCc1ccccc1F. The summed E-state index contributed by atoms with van der Waals surface area (Å²) in [6.45, 7) is 3.78. The predicted molar refractivity (Wildman–Crippen MR) is 128 cm³/mol. The van der Waals surface area contributed by atoms with Gasteiger partial charge >= 0.3 is 6.03 Å². The zero-order chi connectivity index (χ0) is 24.9. The first kappa shape index (κ1) is 24.2. The molecular weight excluding hydrogens is 451 g/mol. The summed E-state index contributed by atoms with van der Waals surface area (Å²) in [5, 5.41) is 2.28. The highest BCUT2D eigenvalue weighted by atomic mass is 19.1. The third-order valence-corrected chi connectivity index (χ3v) is 6.20. The van der Waals surface area contributed by atoms with Crippen molar-refractivity contribution in [3.05, 3.63) is 77.1 Å². The minimum atomic E-state index is -0.738. The molecule has 1 saturated carbocycles. The third-order valence-electron chi connectivity index (χ3n) is 6.20. The number of imide groups is 2. The van der Waals surface area contributed by atoms with Crippen LogP contribution in [0.15, 0.2) is 54.6 Å². The van der Waals surface area contributed by atoms with Crippen LogP contribution in [0.3, 0.4) is 0 Å². The van der Waals surface area contributed by atoms with Crippen molar-refractivity contribution < 1.29 is 28.2 Å². The number of urea groups is 1. The smallest absolute Gasteiger partial charge is 0.331 e. The maximum atomic E-state index is 14.1. The highest BCUT2D eigenvalue weighted by Crippen LogP contribution is 2.35. The molecule has 2 aromatic rings. The largest absolute Gasteiger partial charge is 0.493 e. The first-order chi connectivity index (χ1) is 16.9. The summed E-state index contributed by atoms with van der Waals surface area (Å²) in [6.07, 6.45) is 6.86. The van der Waals surface area contributed by atoms with Crippen molar-refractivity contribution >= 4 is 23.9 Å². The standard InChI is InChI=1S/C27H27FN2O5/c1-3-8-18-13-17(15-23(34-2)24(18)35-16-19-9-4-7-12-22(19)28)14-21-25(31)29-27(33)30(26(21)32)20-10-5-6-11-20/h3-4,7,9,12-15,20H,1,5-6,8,10-11,16H2,2H3,(H,29,31,33)/b21-14+. The van der Waals surface area contributed by atoms with Crippen LogP contribution >= 0.6 is 0 Å². The number of carbonyl (C=O) groups excluding carboxylic acids is 3. The van der Waals surface area contributed by atoms with Crippen LogP contribution in [0.1, 0.15) is 42.4 Å². The molecule has 0 radical (unpaired) electrons. The predicted octanol–water partition coefficient (Wildman–Crippen LogP) is 4.55. The summed E-state index contributed by atoms with van der Waals surface area (Å²) < 4.78 is 25.5. The fraction of sp³-hybridized carbons (Fsp3) is 0.296. The zero-order valence-electron chi connectivity index (χ0n) is 19.5. The molecule has 0 unspecified atom stereocenters. The van der Waals surface area contributed by atoms with Gasteiger partial charge in [0.25, 0.3) is 11.8 Å². The summed E-state index contributed by atoms with van der Waals surface area (Å²) in [5.74, 6) is -0.936. The molecule has 0 bridgehead atoms. The molecule has 4 amide bonds. The van der Waals surface area contributed by atoms with Gasteiger partial charge in [-0.05, 0) is 49.1 Å². The summed E-state index contributed by atoms with van der Waals surface area (Å²) >= 11 is 0. The summed E-state index contributed by atoms with van der Waals surface area (Å²) in [7, 11) is 1.47. The number of ether oxygens (including phenoxy) is 2. The fourth-order valence-corrected chi connectivity index (χ4v) is 4.49. The van der Waals surface area contributed by atoms with Gasteiger partial charge in [-0.3, -0.25) is 19.8 Å². The van der Waals surface area contributed by atoms with Crippen molar-refractivity contribution in [3.63, 3.8) is 0 Å². The maximum absolute atomic E-state index is 14.1. The van der Waals surface area contributed by atoms with E-state index in [-0.39, 0.29) is 24.0 Å². The molecule has 182 valence electrons. The van der Waals surface area contributed by atoms with Crippen molar-refractivity contribution in [3.8, 4) is 11.5 Å². The molecule has 2 fully saturated rings. The van der Waals surface area contributed by atoms with Crippen LogP contribution in [0.2, 0.25) is 0 Å². The molecule has 0 spiro atoms. The van der Waals surface area contributed by atoms with E-state index in [0.29, 0.717) is 34.6 Å². The van der Waals surface area contributed by atoms with E-state index >= 15 is 0 Å². The Morgan fingerprint density at radius 2 is 1.89 bits per heavy atom. The van der Waals surface area contributed by atoms with E-state index in [1.54, 1.807) is 36.4 Å². The van der Waals surface area contributed by atoms with Gasteiger partial charge in [0.05, 0.1) is 7.11 Å². The lowest BCUT2D eigenvalue weighted by Gasteiger charge is -2.31. The average molecular weight is 479 g/mol. The number of nitrogens with one attached hydrogen (secondary N) is 1. The number of methoxy groups -OCH3 is 1. The minimum Gasteiger partial charge on any atom is -0.493 e. The lowest BCUT2D eigenvalue weighted by molar-refractivity contribution is -0.131. The number of nitrogens with zero attached hydrogens (tertiary/aromatic N) is 1. The fourth-order valence-electron chi connectivity index (χ4n) is 4.49. The number of carbonyl (C=O) groups is 3. The molecule has 8 heteroatoms. The number of barbiturate groups is 1. The number of amides is 4. The van der Waals surface area contributed by atoms with Crippen LogP contribution in [0, 0.1) is 5.82 Å². The van der Waals surface area contributed by atoms with E-state index in [1.165, 1.54) is 19.3 Å². The Kier molecular flexibility index (Phi) is 7.29. The molecule has 0 aromatic heterocycles. The highest BCUT2D eigenvalue weighted by molar-refractivity contribution is 6.31. The normalized spacial score (nSPS) is 17.6. The van der Waals surface area contributed by atoms with Gasteiger partial charge in [-0.2, -0.15) is 0 Å². The lowest BCUT2D eigenvalue weighted by Crippen LogP contribution is -2.57. The van der Waals surface area contributed by atoms with E-state index in [1.807, 2.05) is 0 Å². The molecule has 35 heavy (non-hydrogen) atoms. The first-order valence-electron chi connectivity index (χ1n) is 11.5. The summed E-state index contributed by atoms with van der Waals surface area (Å²) in [4.78, 5) is 39.2. The van der Waals surface area contributed by atoms with Crippen molar-refractivity contribution in [2.75, 3.05) is 7.11 Å². The monoisotopic (exact) mass is 478 g/mol. The molecule has 0 atom stereocenters. The molecule has 1 aliphatic heterocycles. The Morgan fingerprint density at radius 1 is 1.14 bits per heavy atom. The van der Waals surface area contributed by atoms with Crippen LogP contribution in [0.4, 0.5) is 9.18 Å². The lowest BCUT2D eigenvalue weighted by atomic mass is 10.0. The molecule has 4 rings (SSSR count). The Bertz CT molecular complexity index is 1200. The Hall–Kier alpha value is -3.94. The van der Waals surface area contributed by atoms with Gasteiger partial charge in [-0.25, -0.2) is 9.18 Å². The van der Waals surface area contributed by atoms with Crippen LogP contribution in [-0.2, 0) is 22.6 Å². The van der Waals surface area contributed by atoms with Crippen molar-refractivity contribution in [1.82, 2.24) is 10.2 Å². The van der Waals surface area contributed by atoms with E-state index in [0.717, 1.165) is 30.6 Å². The minimum absolute atomic E-state index is 0.00698. The molecule has 1 saturated heterocycles. The second-order valence-corrected chi connectivity index (χ2v) is 8.52. The van der Waals surface area contributed by atoms with E-state index < -0.39 is 17.8 Å². The van der Waals surface area contributed by atoms with Gasteiger partial charge in [-0.1, -0.05) is 37.1 Å². The topological polar surface area (TPSA) is 84.9 Å². The molecule has 1 heterocycles. The van der Waals surface area contributed by atoms with Crippen molar-refractivity contribution in [2.45, 2.75) is 44.8 Å². The zero-order valence-corrected chi connectivity index (χ0v) is 19.5. The third kappa shape index (κ3) is 5.11. The van der Waals surface area contributed by atoms with Crippen LogP contribution in [-0.4, -0.2) is 35.9 Å². The second kappa shape index (κ2) is 10.5. The number of allylic oxidation sites excluding steroid dienone is 1. The Balaban J connectivity index is 1.67. The number of benzene rings is 2. The van der Waals surface area contributed by atoms with E-state index in [2.05, 4.69) is 11.9 Å². The van der Waals surface area contributed by atoms with E-state index in [9.17, 15) is 18.8 Å². The van der Waals surface area contributed by atoms with Gasteiger partial charge < -0.3 is 9.47 Å². The number of rotatable bonds is 8. The molecule has 7 nitrogen and oxygen atoms in total. The molecule has 2 aromatic carbocycles. The van der Waals surface area contributed by atoms with Gasteiger partial charge in [0.1, 0.15) is 18.0 Å². The van der Waals surface area contributed by atoms with Crippen molar-refractivity contribution in [2.24, 2.45) is 0 Å². The highest BCUT2D eigenvalue weighted by Gasteiger charge is 2.40. The first-order valence-corrected chi connectivity index (χ1v) is 11.5. The number of hydrogen-bond acceptors (Lipinski definition) is 5. The average Bonchev–Trinajstić information content (AvgIpc) is 3.36. The Labute approximate surface area is 203 Å². The molecule has 2 aliphatic rings. The van der Waals surface area contributed by atoms with Gasteiger partial charge in [0.15, 0.2) is 11.5 Å². The van der Waals surface area contributed by atoms with Crippen LogP contribution in [0.25, 0.3) is 6.08 Å². The van der Waals surface area contributed by atoms with Crippen LogP contribution in [0.5, 0.6) is 11.5 Å². The van der Waals surface area contributed by atoms with Crippen molar-refractivity contribution in [1.29, 1.82) is 0 Å². The molecule has 1 N–H and O–H groups in total. The van der Waals surface area contributed by atoms with Gasteiger partial charge in [0.2, 0.25) is 0 Å². The van der Waals surface area contributed by atoms with Gasteiger partial charge in [0, 0.05) is 17.2 Å². The van der Waals surface area contributed by atoms with E-state index in [4.69, 9.17) is 9.47 Å². The molecular formula is C27H27FN2O5. The number of hydrogen-bond donors (Lipinski definition) is 1.